The molecule has 4 aliphatic rings. The van der Waals surface area contributed by atoms with Crippen molar-refractivity contribution in [1.29, 1.82) is 0 Å². The van der Waals surface area contributed by atoms with Crippen molar-refractivity contribution in [2.75, 3.05) is 40.9 Å². The molecule has 2 saturated heterocycles. The molecule has 16 atom stereocenters. The molecule has 3 heterocycles. The first-order chi connectivity index (χ1) is 37.9. The molecule has 2 bridgehead atoms. The largest absolute Gasteiger partial charge is 0.460 e. The first kappa shape index (κ1) is 40.1. The molecular weight excluding hydrogens is 887 g/mol. The second-order valence-corrected chi connectivity index (χ2v) is 19.1. The van der Waals surface area contributed by atoms with E-state index in [1.165, 1.54) is 72.1 Å². The lowest BCUT2D eigenvalue weighted by atomic mass is 9.78. The predicted molar refractivity (Wildman–Crippen MR) is 261 cm³/mol. The SMILES string of the molecule is [2H]C([2H])([2H])O[C@H]1C[C@@H]2CC([2H])([2H])[C@@H](C)[C@@](O)(O2)C(=O)C(=O)N2CCCC[C@H]2C(=O)O[C@H]([C@H](C)C[C@@H]2CC[C@@H](OC([2H])([2H])C([2H])([2H])O)[C@H](OC)C2)CC(=O)[C@H](C([2H])([2H])[2H])/C=C(\C)[C@@H](O)[C@@H](OC)C(=O)[C@H](C)C([2H])(C)[C@]([2H])(C)/C=C/C=CC=C1C. The van der Waals surface area contributed by atoms with Crippen LogP contribution in [0.2, 0.25) is 0 Å². The zero-order chi connectivity index (χ0) is 63.4. The minimum absolute atomic E-state index is 0.0988. The molecule has 15 nitrogen and oxygen atoms in total. The number of esters is 1. The van der Waals surface area contributed by atoms with Crippen LogP contribution in [0.25, 0.3) is 0 Å². The number of methoxy groups -OCH3 is 3. The van der Waals surface area contributed by atoms with Crippen LogP contribution in [0.3, 0.4) is 0 Å². The van der Waals surface area contributed by atoms with Gasteiger partial charge in [-0.3, -0.25) is 19.2 Å². The fraction of sp³-hybridized carbons (Fsp3) is 0.759. The second kappa shape index (κ2) is 27.4. The van der Waals surface area contributed by atoms with Gasteiger partial charge in [0.25, 0.3) is 11.7 Å². The molecular formula is C54H85NO14. The molecule has 1 unspecified atom stereocenters. The highest BCUT2D eigenvalue weighted by Gasteiger charge is 2.53. The lowest BCUT2D eigenvalue weighted by Gasteiger charge is -2.42. The lowest BCUT2D eigenvalue weighted by molar-refractivity contribution is -0.265. The molecule has 1 amide bonds. The highest BCUT2D eigenvalue weighted by molar-refractivity contribution is 6.39. The number of piperidine rings is 1. The van der Waals surface area contributed by atoms with E-state index in [0.717, 1.165) is 25.0 Å². The number of aliphatic hydroxyl groups excluding tert-OH is 1. The van der Waals surface area contributed by atoms with Crippen molar-refractivity contribution in [3.05, 3.63) is 47.6 Å². The van der Waals surface area contributed by atoms with E-state index in [0.29, 0.717) is 6.42 Å². The lowest BCUT2D eigenvalue weighted by Crippen LogP contribution is -2.61. The van der Waals surface area contributed by atoms with Gasteiger partial charge in [-0.25, -0.2) is 4.79 Å². The topological polar surface area (TPSA) is 205 Å². The molecule has 69 heavy (non-hydrogen) atoms. The Bertz CT molecular complexity index is 2420. The number of fused-ring (bicyclic) bond motifs is 3. The molecule has 3 N–H and O–H groups in total. The Labute approximate surface area is 431 Å². The molecule has 0 aromatic rings. The number of carbonyl (C=O) groups excluding carboxylic acids is 5. The summed E-state index contributed by atoms with van der Waals surface area (Å²) in [4.78, 5) is 73.6. The summed E-state index contributed by atoms with van der Waals surface area (Å²) >= 11 is 0. The van der Waals surface area contributed by atoms with Gasteiger partial charge in [-0.05, 0) is 106 Å². The van der Waals surface area contributed by atoms with Gasteiger partial charge in [0.15, 0.2) is 5.78 Å². The predicted octanol–water partition coefficient (Wildman–Crippen LogP) is 6.44. The van der Waals surface area contributed by atoms with Gasteiger partial charge >= 0.3 is 5.97 Å². The van der Waals surface area contributed by atoms with Crippen molar-refractivity contribution in [1.82, 2.24) is 4.90 Å². The summed E-state index contributed by atoms with van der Waals surface area (Å²) in [6.07, 6.45) is -4.82. The maximum Gasteiger partial charge on any atom is 0.329 e. The summed E-state index contributed by atoms with van der Waals surface area (Å²) in [6.45, 7) is -0.271. The quantitative estimate of drug-likeness (QED) is 0.129. The summed E-state index contributed by atoms with van der Waals surface area (Å²) in [6, 6.07) is -1.56. The Morgan fingerprint density at radius 1 is 0.971 bits per heavy atom. The van der Waals surface area contributed by atoms with Crippen LogP contribution in [0.4, 0.5) is 0 Å². The average molecular weight is 986 g/mol. The number of aliphatic hydroxyl groups is 3. The van der Waals surface area contributed by atoms with Gasteiger partial charge in [-0.2, -0.15) is 0 Å². The number of nitrogens with zero attached hydrogens (tertiary/aromatic N) is 1. The minimum atomic E-state index is -3.37. The van der Waals surface area contributed by atoms with Crippen molar-refractivity contribution in [2.24, 2.45) is 41.4 Å². The van der Waals surface area contributed by atoms with E-state index in [4.69, 9.17) is 44.9 Å². The molecule has 1 aliphatic carbocycles. The van der Waals surface area contributed by atoms with Crippen molar-refractivity contribution >= 4 is 29.2 Å². The third kappa shape index (κ3) is 15.3. The summed E-state index contributed by atoms with van der Waals surface area (Å²) in [7, 11) is -0.595. The van der Waals surface area contributed by atoms with Gasteiger partial charge < -0.3 is 48.6 Å². The molecule has 0 aromatic carbocycles. The maximum absolute atomic E-state index is 14.7. The molecule has 15 heteroatoms. The van der Waals surface area contributed by atoms with Crippen LogP contribution < -0.4 is 0 Å². The van der Waals surface area contributed by atoms with Gasteiger partial charge in [-0.15, -0.1) is 0 Å². The molecule has 3 aliphatic heterocycles. The zero-order valence-corrected chi connectivity index (χ0v) is 41.5. The van der Waals surface area contributed by atoms with Gasteiger partial charge in [-0.1, -0.05) is 77.9 Å². The second-order valence-electron chi connectivity index (χ2n) is 19.1. The van der Waals surface area contributed by atoms with E-state index >= 15 is 0 Å². The van der Waals surface area contributed by atoms with Gasteiger partial charge in [0.2, 0.25) is 5.79 Å². The van der Waals surface area contributed by atoms with E-state index < -0.39 is 172 Å². The molecule has 3 fully saturated rings. The number of ketones is 3. The van der Waals surface area contributed by atoms with Crippen LogP contribution >= 0.6 is 0 Å². The van der Waals surface area contributed by atoms with E-state index in [1.54, 1.807) is 6.92 Å². The molecule has 4 rings (SSSR count). The van der Waals surface area contributed by atoms with Crippen LogP contribution in [-0.2, 0) is 52.4 Å². The number of cyclic esters (lactones) is 1. The van der Waals surface area contributed by atoms with Crippen LogP contribution in [-0.4, -0.2) is 145 Å². The number of Topliss-reactive ketones (excluding diaryl/α,β-unsaturated/α-hetero) is 3. The van der Waals surface area contributed by atoms with Crippen LogP contribution in [0.1, 0.15) is 145 Å². The van der Waals surface area contributed by atoms with Crippen molar-refractivity contribution < 1.29 is 86.9 Å². The van der Waals surface area contributed by atoms with E-state index in [9.17, 15) is 42.0 Å². The minimum Gasteiger partial charge on any atom is -0.460 e. The van der Waals surface area contributed by atoms with Crippen molar-refractivity contribution in [3.8, 4) is 0 Å². The molecule has 390 valence electrons. The number of carbonyl (C=O) groups is 5. The molecule has 0 aromatic heterocycles. The highest BCUT2D eigenvalue weighted by atomic mass is 16.6. The highest BCUT2D eigenvalue weighted by Crippen LogP contribution is 2.38. The third-order valence-corrected chi connectivity index (χ3v) is 14.4. The van der Waals surface area contributed by atoms with Crippen molar-refractivity contribution in [2.45, 2.75) is 180 Å². The van der Waals surface area contributed by atoms with E-state index in [-0.39, 0.29) is 62.1 Å². The normalized spacial score (nSPS) is 45.3. The smallest absolute Gasteiger partial charge is 0.329 e. The van der Waals surface area contributed by atoms with Crippen molar-refractivity contribution in [3.63, 3.8) is 0 Å². The summed E-state index contributed by atoms with van der Waals surface area (Å²) < 4.78 is 151. The van der Waals surface area contributed by atoms with Gasteiger partial charge in [0, 0.05) is 68.0 Å². The number of rotatable bonds is 9. The summed E-state index contributed by atoms with van der Waals surface area (Å²) in [5.41, 5.74) is 0.0524. The Kier molecular flexibility index (Phi) is 15.9. The Morgan fingerprint density at radius 2 is 1.72 bits per heavy atom. The number of allylic oxidation sites excluding steroid dienone is 6. The van der Waals surface area contributed by atoms with E-state index in [2.05, 4.69) is 0 Å². The zero-order valence-electron chi connectivity index (χ0n) is 55.5. The Hall–Kier alpha value is -3.41. The molecule has 1 saturated carbocycles. The molecule has 0 spiro atoms. The average Bonchev–Trinajstić information content (AvgIpc) is 3.37. The maximum atomic E-state index is 14.7. The van der Waals surface area contributed by atoms with Gasteiger partial charge in [0.1, 0.15) is 30.1 Å². The monoisotopic (exact) mass is 986 g/mol. The number of hydrogen-bond acceptors (Lipinski definition) is 14. The molecule has 0 radical (unpaired) electrons. The Morgan fingerprint density at radius 3 is 2.41 bits per heavy atom. The third-order valence-electron chi connectivity index (χ3n) is 14.4. The number of hydrogen-bond donors (Lipinski definition) is 3. The first-order valence-corrected chi connectivity index (χ1v) is 23.9. The van der Waals surface area contributed by atoms with Crippen LogP contribution in [0.5, 0.6) is 0 Å². The number of ether oxygens (including phenoxy) is 6. The van der Waals surface area contributed by atoms with Crippen LogP contribution in [0.15, 0.2) is 47.6 Å². The standard InChI is InChI=1S/C54H85NO14/c1-32-17-13-12-14-18-33(2)45(64-9)30-41-22-20-37(6)54(63,69-41)51(60)52(61)55-24-16-15-19-42(55)53(62)68-46(35(4)28-40-21-23-44(67-26-25-56)47(29-40)65-10)31-43(57)34(3)27-36(5)48(58)50(66-11)49(59)39(8)38(32)7/h12-14,17-18,27,32,34-35,37-42,44-48,50,56,58,63H,15-16,19-26,28-31H2,1-11H3/b14-12?,17-13+,33-18?,36-27+/t32-,34-,35-,37-,38?,39-,40+,41+,42+,44-,45+,46+,47-,48-,50-,54-/m1/s1/i3D3,9D3,20D2,25D2,26D2,32D,38D. The van der Waals surface area contributed by atoms with Crippen LogP contribution in [0, 0.1) is 41.4 Å². The van der Waals surface area contributed by atoms with E-state index in [1.807, 2.05) is 0 Å². The summed E-state index contributed by atoms with van der Waals surface area (Å²) in [5.74, 6) is -19.3. The Balaban J connectivity index is 1.88. The number of amides is 1. The first-order valence-electron chi connectivity index (χ1n) is 30.9. The fourth-order valence-corrected chi connectivity index (χ4v) is 9.57. The van der Waals surface area contributed by atoms with Gasteiger partial charge in [0.05, 0.1) is 47.1 Å². The summed E-state index contributed by atoms with van der Waals surface area (Å²) in [5, 5.41) is 33.7. The fourth-order valence-electron chi connectivity index (χ4n) is 9.57.